The van der Waals surface area contributed by atoms with E-state index in [9.17, 15) is 4.79 Å². The molecule has 2 N–H and O–H groups in total. The molecule has 112 valence electrons. The quantitative estimate of drug-likeness (QED) is 0.824. The highest BCUT2D eigenvalue weighted by Gasteiger charge is 2.26. The van der Waals surface area contributed by atoms with Crippen molar-refractivity contribution in [2.75, 3.05) is 39.3 Å². The third kappa shape index (κ3) is 5.49. The highest BCUT2D eigenvalue weighted by molar-refractivity contribution is 5.76. The van der Waals surface area contributed by atoms with Crippen LogP contribution in [0.25, 0.3) is 0 Å². The van der Waals surface area contributed by atoms with Gasteiger partial charge >= 0.3 is 0 Å². The Morgan fingerprint density at radius 1 is 1.21 bits per heavy atom. The summed E-state index contributed by atoms with van der Waals surface area (Å²) in [4.78, 5) is 16.7. The highest BCUT2D eigenvalue weighted by atomic mass is 16.2. The summed E-state index contributed by atoms with van der Waals surface area (Å²) in [5, 5.41) is 0. The molecule has 0 radical (unpaired) electrons. The van der Waals surface area contributed by atoms with Gasteiger partial charge < -0.3 is 10.6 Å². The van der Waals surface area contributed by atoms with Crippen molar-refractivity contribution < 1.29 is 4.79 Å². The first-order valence-electron chi connectivity index (χ1n) is 7.54. The maximum atomic E-state index is 12.3. The normalized spacial score (nSPS) is 19.5. The van der Waals surface area contributed by atoms with E-state index in [0.717, 1.165) is 45.7 Å². The van der Waals surface area contributed by atoms with Crippen molar-refractivity contribution in [1.82, 2.24) is 9.80 Å². The second kappa shape index (κ2) is 7.25. The van der Waals surface area contributed by atoms with E-state index in [0.29, 0.717) is 18.2 Å². The summed E-state index contributed by atoms with van der Waals surface area (Å²) < 4.78 is 0. The van der Waals surface area contributed by atoms with Crippen molar-refractivity contribution >= 4 is 5.91 Å². The van der Waals surface area contributed by atoms with Crippen molar-refractivity contribution in [2.45, 2.75) is 40.5 Å². The number of amides is 1. The molecule has 1 fully saturated rings. The maximum absolute atomic E-state index is 12.3. The van der Waals surface area contributed by atoms with E-state index in [2.05, 4.69) is 32.6 Å². The van der Waals surface area contributed by atoms with Crippen molar-refractivity contribution in [1.29, 1.82) is 0 Å². The van der Waals surface area contributed by atoms with Crippen LogP contribution in [0.1, 0.15) is 40.5 Å². The van der Waals surface area contributed by atoms with E-state index in [4.69, 9.17) is 5.73 Å². The largest absolute Gasteiger partial charge is 0.340 e. The first kappa shape index (κ1) is 16.4. The van der Waals surface area contributed by atoms with Gasteiger partial charge in [-0.15, -0.1) is 0 Å². The molecule has 1 unspecified atom stereocenters. The molecule has 0 aliphatic carbocycles. The number of piperazine rings is 1. The van der Waals surface area contributed by atoms with Gasteiger partial charge in [0.15, 0.2) is 0 Å². The van der Waals surface area contributed by atoms with Crippen molar-refractivity contribution in [2.24, 2.45) is 17.1 Å². The van der Waals surface area contributed by atoms with E-state index < -0.39 is 0 Å². The van der Waals surface area contributed by atoms with Crippen LogP contribution in [0.5, 0.6) is 0 Å². The van der Waals surface area contributed by atoms with Gasteiger partial charge in [0.05, 0.1) is 0 Å². The maximum Gasteiger partial charge on any atom is 0.222 e. The number of nitrogens with zero attached hydrogens (tertiary/aromatic N) is 2. The summed E-state index contributed by atoms with van der Waals surface area (Å²) in [5.74, 6) is 0.746. The second-order valence-electron chi connectivity index (χ2n) is 6.84. The minimum Gasteiger partial charge on any atom is -0.340 e. The fourth-order valence-corrected chi connectivity index (χ4v) is 2.23. The smallest absolute Gasteiger partial charge is 0.222 e. The molecule has 1 aliphatic rings. The van der Waals surface area contributed by atoms with Crippen LogP contribution in [0, 0.1) is 11.3 Å². The van der Waals surface area contributed by atoms with Crippen molar-refractivity contribution in [3.8, 4) is 0 Å². The molecule has 1 amide bonds. The minimum atomic E-state index is 0.207. The van der Waals surface area contributed by atoms with Crippen LogP contribution in [0.3, 0.4) is 0 Å². The topological polar surface area (TPSA) is 49.6 Å². The standard InChI is InChI=1S/C15H31N3O/c1-13(15(2,3)4)12-14(19)18-10-8-17(9-11-18)7-5-6-16/h13H,5-12,16H2,1-4H3. The molecule has 0 bridgehead atoms. The van der Waals surface area contributed by atoms with Gasteiger partial charge in [0, 0.05) is 32.6 Å². The summed E-state index contributed by atoms with van der Waals surface area (Å²) in [6.45, 7) is 14.3. The van der Waals surface area contributed by atoms with E-state index >= 15 is 0 Å². The molecule has 1 heterocycles. The molecule has 19 heavy (non-hydrogen) atoms. The highest BCUT2D eigenvalue weighted by Crippen LogP contribution is 2.28. The molecule has 4 nitrogen and oxygen atoms in total. The predicted octanol–water partition coefficient (Wildman–Crippen LogP) is 1.55. The lowest BCUT2D eigenvalue weighted by Gasteiger charge is -2.36. The number of carbonyl (C=O) groups is 1. The Kier molecular flexibility index (Phi) is 6.27. The van der Waals surface area contributed by atoms with Crippen LogP contribution in [0.4, 0.5) is 0 Å². The Balaban J connectivity index is 2.33. The molecule has 0 aromatic rings. The summed E-state index contributed by atoms with van der Waals surface area (Å²) in [6, 6.07) is 0. The van der Waals surface area contributed by atoms with Gasteiger partial charge in [-0.2, -0.15) is 0 Å². The van der Waals surface area contributed by atoms with Crippen LogP contribution >= 0.6 is 0 Å². The Labute approximate surface area is 118 Å². The zero-order chi connectivity index (χ0) is 14.5. The molecule has 1 rings (SSSR count). The van der Waals surface area contributed by atoms with Gasteiger partial charge in [0.25, 0.3) is 0 Å². The molecule has 0 aromatic heterocycles. The SMILES string of the molecule is CC(CC(=O)N1CCN(CCCN)CC1)C(C)(C)C. The van der Waals surface area contributed by atoms with Crippen molar-refractivity contribution in [3.05, 3.63) is 0 Å². The van der Waals surface area contributed by atoms with Crippen LogP contribution in [0.2, 0.25) is 0 Å². The van der Waals surface area contributed by atoms with Gasteiger partial charge in [-0.1, -0.05) is 27.7 Å². The molecular formula is C15H31N3O. The lowest BCUT2D eigenvalue weighted by Crippen LogP contribution is -2.49. The molecule has 0 aromatic carbocycles. The summed E-state index contributed by atoms with van der Waals surface area (Å²) >= 11 is 0. The molecule has 1 saturated heterocycles. The average Bonchev–Trinajstić information content (AvgIpc) is 2.35. The Morgan fingerprint density at radius 2 is 1.79 bits per heavy atom. The number of hydrogen-bond donors (Lipinski definition) is 1. The molecule has 0 spiro atoms. The molecule has 0 saturated carbocycles. The van der Waals surface area contributed by atoms with Gasteiger partial charge in [-0.3, -0.25) is 9.69 Å². The van der Waals surface area contributed by atoms with Gasteiger partial charge in [0.2, 0.25) is 5.91 Å². The lowest BCUT2D eigenvalue weighted by atomic mass is 9.80. The minimum absolute atomic E-state index is 0.207. The third-order valence-electron chi connectivity index (χ3n) is 4.36. The van der Waals surface area contributed by atoms with E-state index in [1.165, 1.54) is 0 Å². The number of carbonyl (C=O) groups excluding carboxylic acids is 1. The monoisotopic (exact) mass is 269 g/mol. The molecule has 1 atom stereocenters. The zero-order valence-corrected chi connectivity index (χ0v) is 13.1. The van der Waals surface area contributed by atoms with E-state index in [1.54, 1.807) is 0 Å². The first-order chi connectivity index (χ1) is 8.84. The van der Waals surface area contributed by atoms with Crippen LogP contribution in [-0.2, 0) is 4.79 Å². The molecule has 4 heteroatoms. The van der Waals surface area contributed by atoms with Gasteiger partial charge in [-0.05, 0) is 30.8 Å². The summed E-state index contributed by atoms with van der Waals surface area (Å²) in [6.07, 6.45) is 1.72. The Hall–Kier alpha value is -0.610. The van der Waals surface area contributed by atoms with Gasteiger partial charge in [-0.25, -0.2) is 0 Å². The fourth-order valence-electron chi connectivity index (χ4n) is 2.23. The first-order valence-corrected chi connectivity index (χ1v) is 7.54. The third-order valence-corrected chi connectivity index (χ3v) is 4.36. The van der Waals surface area contributed by atoms with Gasteiger partial charge in [0.1, 0.15) is 0 Å². The molecule has 1 aliphatic heterocycles. The number of nitrogens with two attached hydrogens (primary N) is 1. The number of hydrogen-bond acceptors (Lipinski definition) is 3. The van der Waals surface area contributed by atoms with E-state index in [-0.39, 0.29) is 5.41 Å². The van der Waals surface area contributed by atoms with Crippen LogP contribution in [-0.4, -0.2) is 55.0 Å². The van der Waals surface area contributed by atoms with E-state index in [1.807, 2.05) is 4.90 Å². The zero-order valence-electron chi connectivity index (χ0n) is 13.1. The second-order valence-corrected chi connectivity index (χ2v) is 6.84. The van der Waals surface area contributed by atoms with Crippen LogP contribution in [0.15, 0.2) is 0 Å². The lowest BCUT2D eigenvalue weighted by molar-refractivity contribution is -0.134. The summed E-state index contributed by atoms with van der Waals surface area (Å²) in [5.41, 5.74) is 5.73. The summed E-state index contributed by atoms with van der Waals surface area (Å²) in [7, 11) is 0. The molecular weight excluding hydrogens is 238 g/mol. The Bertz CT molecular complexity index is 278. The van der Waals surface area contributed by atoms with Crippen LogP contribution < -0.4 is 5.73 Å². The Morgan fingerprint density at radius 3 is 2.26 bits per heavy atom. The predicted molar refractivity (Wildman–Crippen MR) is 79.9 cm³/mol. The van der Waals surface area contributed by atoms with Crippen molar-refractivity contribution in [3.63, 3.8) is 0 Å². The fraction of sp³-hybridized carbons (Fsp3) is 0.933. The average molecular weight is 269 g/mol. The number of rotatable bonds is 5.